The Kier molecular flexibility index (Phi) is 2.62. The largest absolute Gasteiger partial charge is 0.486 e. The summed E-state index contributed by atoms with van der Waals surface area (Å²) >= 11 is 0. The molecule has 0 radical (unpaired) electrons. The third-order valence-corrected chi connectivity index (χ3v) is 4.26. The van der Waals surface area contributed by atoms with E-state index >= 15 is 0 Å². The molecule has 2 aliphatic rings. The Balaban J connectivity index is 1.84. The van der Waals surface area contributed by atoms with Crippen molar-refractivity contribution in [2.75, 3.05) is 20.6 Å². The quantitative estimate of drug-likeness (QED) is 0.776. The molecule has 92 valence electrons. The molecule has 1 saturated carbocycles. The van der Waals surface area contributed by atoms with Crippen LogP contribution in [0.4, 0.5) is 0 Å². The maximum atomic E-state index is 6.34. The molecule has 17 heavy (non-hydrogen) atoms. The van der Waals surface area contributed by atoms with Crippen LogP contribution in [0, 0.1) is 5.92 Å². The zero-order chi connectivity index (χ0) is 11.9. The van der Waals surface area contributed by atoms with Gasteiger partial charge in [-0.2, -0.15) is 0 Å². The van der Waals surface area contributed by atoms with Gasteiger partial charge >= 0.3 is 0 Å². The van der Waals surface area contributed by atoms with Crippen LogP contribution in [0.2, 0.25) is 0 Å². The van der Waals surface area contributed by atoms with Gasteiger partial charge in [0.1, 0.15) is 11.4 Å². The van der Waals surface area contributed by atoms with Crippen molar-refractivity contribution in [3.05, 3.63) is 29.8 Å². The van der Waals surface area contributed by atoms with Crippen molar-refractivity contribution in [2.24, 2.45) is 5.92 Å². The van der Waals surface area contributed by atoms with Crippen LogP contribution in [-0.4, -0.2) is 31.1 Å². The molecule has 1 spiro atoms. The van der Waals surface area contributed by atoms with Crippen LogP contribution in [0.3, 0.4) is 0 Å². The molecule has 3 rings (SSSR count). The number of benzene rings is 1. The molecule has 1 fully saturated rings. The number of nitrogens with zero attached hydrogens (tertiary/aromatic N) is 1. The summed E-state index contributed by atoms with van der Waals surface area (Å²) in [6.07, 6.45) is 4.96. The molecule has 1 aliphatic carbocycles. The Morgan fingerprint density at radius 2 is 2.18 bits per heavy atom. The molecular weight excluding hydrogens is 210 g/mol. The van der Waals surface area contributed by atoms with Crippen molar-refractivity contribution < 1.29 is 4.74 Å². The zero-order valence-electron chi connectivity index (χ0n) is 10.8. The van der Waals surface area contributed by atoms with E-state index in [1.807, 2.05) is 0 Å². The van der Waals surface area contributed by atoms with Gasteiger partial charge in [0.25, 0.3) is 0 Å². The third-order valence-electron chi connectivity index (χ3n) is 4.26. The summed E-state index contributed by atoms with van der Waals surface area (Å²) in [6, 6.07) is 8.54. The van der Waals surface area contributed by atoms with Gasteiger partial charge in [0, 0.05) is 18.9 Å². The first-order chi connectivity index (χ1) is 8.20. The van der Waals surface area contributed by atoms with E-state index in [0.29, 0.717) is 5.92 Å². The number of rotatable bonds is 2. The van der Waals surface area contributed by atoms with Crippen molar-refractivity contribution in [1.82, 2.24) is 4.90 Å². The summed E-state index contributed by atoms with van der Waals surface area (Å²) in [5, 5.41) is 0. The first kappa shape index (κ1) is 11.1. The number of para-hydroxylation sites is 1. The topological polar surface area (TPSA) is 12.5 Å². The Morgan fingerprint density at radius 1 is 1.35 bits per heavy atom. The SMILES string of the molecule is CN(C)C[C@@H]1CCC[C@]12Cc1ccccc1O2. The highest BCUT2D eigenvalue weighted by molar-refractivity contribution is 5.39. The maximum absolute atomic E-state index is 6.34. The number of ether oxygens (including phenoxy) is 1. The summed E-state index contributed by atoms with van der Waals surface area (Å²) in [4.78, 5) is 2.30. The fraction of sp³-hybridized carbons (Fsp3) is 0.600. The summed E-state index contributed by atoms with van der Waals surface area (Å²) in [7, 11) is 4.32. The van der Waals surface area contributed by atoms with Crippen molar-refractivity contribution >= 4 is 0 Å². The first-order valence-corrected chi connectivity index (χ1v) is 6.61. The van der Waals surface area contributed by atoms with Gasteiger partial charge < -0.3 is 9.64 Å². The van der Waals surface area contributed by atoms with E-state index in [4.69, 9.17) is 4.74 Å². The molecule has 0 unspecified atom stereocenters. The molecule has 2 nitrogen and oxygen atoms in total. The molecule has 1 aromatic rings. The minimum absolute atomic E-state index is 0.105. The lowest BCUT2D eigenvalue weighted by molar-refractivity contribution is 0.0408. The lowest BCUT2D eigenvalue weighted by Crippen LogP contribution is -2.42. The maximum Gasteiger partial charge on any atom is 0.123 e. The fourth-order valence-corrected chi connectivity index (χ4v) is 3.51. The smallest absolute Gasteiger partial charge is 0.123 e. The normalized spacial score (nSPS) is 30.9. The van der Waals surface area contributed by atoms with Crippen LogP contribution in [0.15, 0.2) is 24.3 Å². The molecule has 1 heterocycles. The van der Waals surface area contributed by atoms with E-state index in [0.717, 1.165) is 18.7 Å². The van der Waals surface area contributed by atoms with Gasteiger partial charge in [-0.05, 0) is 45.0 Å². The highest BCUT2D eigenvalue weighted by atomic mass is 16.5. The first-order valence-electron chi connectivity index (χ1n) is 6.61. The van der Waals surface area contributed by atoms with Crippen LogP contribution in [-0.2, 0) is 6.42 Å². The van der Waals surface area contributed by atoms with Gasteiger partial charge in [-0.15, -0.1) is 0 Å². The predicted molar refractivity (Wildman–Crippen MR) is 69.4 cm³/mol. The second-order valence-corrected chi connectivity index (χ2v) is 5.80. The number of hydrogen-bond acceptors (Lipinski definition) is 2. The average molecular weight is 231 g/mol. The molecule has 2 heteroatoms. The van der Waals surface area contributed by atoms with Crippen LogP contribution >= 0.6 is 0 Å². The summed E-state index contributed by atoms with van der Waals surface area (Å²) in [6.45, 7) is 1.15. The lowest BCUT2D eigenvalue weighted by Gasteiger charge is -2.32. The van der Waals surface area contributed by atoms with Crippen molar-refractivity contribution in [3.63, 3.8) is 0 Å². The molecule has 0 saturated heterocycles. The minimum atomic E-state index is 0.105. The Labute approximate surface area is 104 Å². The van der Waals surface area contributed by atoms with E-state index in [9.17, 15) is 0 Å². The zero-order valence-corrected chi connectivity index (χ0v) is 10.8. The van der Waals surface area contributed by atoms with Crippen molar-refractivity contribution in [3.8, 4) is 5.75 Å². The molecule has 1 aromatic carbocycles. The van der Waals surface area contributed by atoms with E-state index in [1.165, 1.54) is 24.8 Å². The Hall–Kier alpha value is -1.02. The Bertz CT molecular complexity index is 388. The predicted octanol–water partition coefficient (Wildman–Crippen LogP) is 2.72. The summed E-state index contributed by atoms with van der Waals surface area (Å²) < 4.78 is 6.34. The molecule has 0 amide bonds. The monoisotopic (exact) mass is 231 g/mol. The fourth-order valence-electron chi connectivity index (χ4n) is 3.51. The molecule has 2 atom stereocenters. The van der Waals surface area contributed by atoms with Crippen LogP contribution in [0.25, 0.3) is 0 Å². The highest BCUT2D eigenvalue weighted by Crippen LogP contribution is 2.47. The van der Waals surface area contributed by atoms with Gasteiger partial charge in [-0.1, -0.05) is 18.2 Å². The van der Waals surface area contributed by atoms with Crippen molar-refractivity contribution in [2.45, 2.75) is 31.3 Å². The van der Waals surface area contributed by atoms with Crippen LogP contribution in [0.1, 0.15) is 24.8 Å². The standard InChI is InChI=1S/C15H21NO/c1-16(2)11-13-7-5-9-15(13)10-12-6-3-4-8-14(12)17-15/h3-4,6,8,13H,5,7,9-11H2,1-2H3/t13-,15-/m0/s1. The molecule has 0 N–H and O–H groups in total. The van der Waals surface area contributed by atoms with Gasteiger partial charge in [0.2, 0.25) is 0 Å². The van der Waals surface area contributed by atoms with Gasteiger partial charge in [0.15, 0.2) is 0 Å². The highest BCUT2D eigenvalue weighted by Gasteiger charge is 2.48. The number of fused-ring (bicyclic) bond motifs is 1. The van der Waals surface area contributed by atoms with Gasteiger partial charge in [0.05, 0.1) is 0 Å². The summed E-state index contributed by atoms with van der Waals surface area (Å²) in [5.74, 6) is 1.81. The summed E-state index contributed by atoms with van der Waals surface area (Å²) in [5.41, 5.74) is 1.51. The second-order valence-electron chi connectivity index (χ2n) is 5.80. The molecular formula is C15H21NO. The van der Waals surface area contributed by atoms with Crippen molar-refractivity contribution in [1.29, 1.82) is 0 Å². The lowest BCUT2D eigenvalue weighted by atomic mass is 9.86. The van der Waals surface area contributed by atoms with E-state index in [-0.39, 0.29) is 5.60 Å². The third kappa shape index (κ3) is 1.85. The molecule has 0 bridgehead atoms. The molecule has 0 aromatic heterocycles. The van der Waals surface area contributed by atoms with E-state index < -0.39 is 0 Å². The second kappa shape index (κ2) is 4.02. The minimum Gasteiger partial charge on any atom is -0.486 e. The van der Waals surface area contributed by atoms with Gasteiger partial charge in [-0.3, -0.25) is 0 Å². The Morgan fingerprint density at radius 3 is 2.94 bits per heavy atom. The van der Waals surface area contributed by atoms with Crippen LogP contribution < -0.4 is 4.74 Å². The van der Waals surface area contributed by atoms with Crippen LogP contribution in [0.5, 0.6) is 5.75 Å². The van der Waals surface area contributed by atoms with Gasteiger partial charge in [-0.25, -0.2) is 0 Å². The van der Waals surface area contributed by atoms with E-state index in [2.05, 4.69) is 43.3 Å². The average Bonchev–Trinajstić information content (AvgIpc) is 2.83. The number of hydrogen-bond donors (Lipinski definition) is 0. The molecule has 1 aliphatic heterocycles. The van der Waals surface area contributed by atoms with E-state index in [1.54, 1.807) is 0 Å².